The molecule has 1 aromatic heterocycles. The number of rotatable bonds is 8. The lowest BCUT2D eigenvalue weighted by Gasteiger charge is -2.06. The lowest BCUT2D eigenvalue weighted by atomic mass is 10.1. The Labute approximate surface area is 168 Å². The van der Waals surface area contributed by atoms with E-state index in [-0.39, 0.29) is 17.1 Å². The first-order valence-corrected chi connectivity index (χ1v) is 10.5. The zero-order chi connectivity index (χ0) is 21.0. The largest absolute Gasteiger partial charge is 0.457 e. The van der Waals surface area contributed by atoms with Crippen molar-refractivity contribution in [1.29, 1.82) is 0 Å². The van der Waals surface area contributed by atoms with Crippen LogP contribution in [0.1, 0.15) is 28.1 Å². The molecule has 0 saturated carbocycles. The van der Waals surface area contributed by atoms with Crippen LogP contribution in [0, 0.1) is 6.92 Å². The van der Waals surface area contributed by atoms with Gasteiger partial charge in [-0.05, 0) is 44.2 Å². The van der Waals surface area contributed by atoms with Crippen LogP contribution in [0.4, 0.5) is 0 Å². The molecule has 0 saturated heterocycles. The number of fused-ring (bicyclic) bond motifs is 1. The van der Waals surface area contributed by atoms with Gasteiger partial charge < -0.3 is 9.15 Å². The van der Waals surface area contributed by atoms with Crippen LogP contribution in [0.5, 0.6) is 0 Å². The van der Waals surface area contributed by atoms with Gasteiger partial charge in [-0.2, -0.15) is 0 Å². The highest BCUT2D eigenvalue weighted by Crippen LogP contribution is 2.25. The van der Waals surface area contributed by atoms with Crippen LogP contribution in [-0.4, -0.2) is 33.8 Å². The minimum absolute atomic E-state index is 0.0739. The molecule has 2 aromatic carbocycles. The molecule has 0 atom stereocenters. The number of benzene rings is 2. The van der Waals surface area contributed by atoms with Gasteiger partial charge in [0.25, 0.3) is 0 Å². The molecule has 0 unspecified atom stereocenters. The summed E-state index contributed by atoms with van der Waals surface area (Å²) in [5, 5.41) is 0.853. The molecule has 3 aromatic rings. The van der Waals surface area contributed by atoms with Crippen LogP contribution in [0.3, 0.4) is 0 Å². The summed E-state index contributed by atoms with van der Waals surface area (Å²) in [5.41, 5.74) is 2.12. The molecule has 0 radical (unpaired) electrons. The molecule has 3 rings (SSSR count). The fourth-order valence-electron chi connectivity index (χ4n) is 2.92. The molecule has 1 heterocycles. The number of esters is 1. The van der Waals surface area contributed by atoms with Crippen molar-refractivity contribution in [2.45, 2.75) is 24.7 Å². The van der Waals surface area contributed by atoms with Gasteiger partial charge in [0, 0.05) is 17.4 Å². The fraction of sp³-hybridized carbons (Fsp3) is 0.238. The molecular formula is C21H21NO6S. The Hall–Kier alpha value is -2.97. The Kier molecular flexibility index (Phi) is 6.14. The first kappa shape index (κ1) is 20.8. The van der Waals surface area contributed by atoms with Gasteiger partial charge >= 0.3 is 5.97 Å². The van der Waals surface area contributed by atoms with Gasteiger partial charge in [0.15, 0.2) is 12.4 Å². The molecule has 0 spiro atoms. The Bertz CT molecular complexity index is 1150. The van der Waals surface area contributed by atoms with E-state index in [0.717, 1.165) is 16.5 Å². The molecule has 152 valence electrons. The third-order valence-electron chi connectivity index (χ3n) is 4.58. The lowest BCUT2D eigenvalue weighted by Crippen LogP contribution is -2.18. The molecule has 0 aliphatic rings. The smallest absolute Gasteiger partial charge is 0.306 e. The van der Waals surface area contributed by atoms with Crippen LogP contribution in [0.2, 0.25) is 0 Å². The maximum Gasteiger partial charge on any atom is 0.306 e. The van der Waals surface area contributed by atoms with E-state index in [1.54, 1.807) is 25.1 Å². The topological polar surface area (TPSA) is 103 Å². The number of aryl methyl sites for hydroxylation is 2. The minimum atomic E-state index is -3.49. The summed E-state index contributed by atoms with van der Waals surface area (Å²) in [5.74, 6) is -0.715. The number of furan rings is 1. The summed E-state index contributed by atoms with van der Waals surface area (Å²) in [6.07, 6.45) is 0.446. The van der Waals surface area contributed by atoms with E-state index >= 15 is 0 Å². The Morgan fingerprint density at radius 1 is 1.07 bits per heavy atom. The summed E-state index contributed by atoms with van der Waals surface area (Å²) in [6.45, 7) is 1.40. The third-order valence-corrected chi connectivity index (χ3v) is 6.01. The lowest BCUT2D eigenvalue weighted by molar-refractivity contribution is -0.142. The van der Waals surface area contributed by atoms with Crippen molar-refractivity contribution in [3.05, 3.63) is 65.4 Å². The van der Waals surface area contributed by atoms with Gasteiger partial charge in [-0.15, -0.1) is 0 Å². The number of Topliss-reactive ketones (excluding diaryl/α,β-unsaturated/α-hetero) is 1. The Morgan fingerprint density at radius 2 is 1.76 bits per heavy atom. The number of nitrogens with one attached hydrogen (secondary N) is 1. The summed E-state index contributed by atoms with van der Waals surface area (Å²) >= 11 is 0. The summed E-state index contributed by atoms with van der Waals surface area (Å²) in [6, 6.07) is 13.5. The number of ether oxygens (including phenoxy) is 1. The molecule has 29 heavy (non-hydrogen) atoms. The van der Waals surface area contributed by atoms with Gasteiger partial charge in [0.2, 0.25) is 15.8 Å². The van der Waals surface area contributed by atoms with Crippen molar-refractivity contribution < 1.29 is 27.2 Å². The van der Waals surface area contributed by atoms with Crippen LogP contribution in [0.25, 0.3) is 11.0 Å². The highest BCUT2D eigenvalue weighted by atomic mass is 32.2. The SMILES string of the molecule is CNS(=O)(=O)c1ccc(CCC(=O)OCC(=O)c2oc3ccccc3c2C)cc1. The van der Waals surface area contributed by atoms with E-state index in [2.05, 4.69) is 4.72 Å². The maximum absolute atomic E-state index is 12.3. The molecule has 0 fully saturated rings. The van der Waals surface area contributed by atoms with E-state index in [1.165, 1.54) is 19.2 Å². The first-order valence-electron chi connectivity index (χ1n) is 9.01. The van der Waals surface area contributed by atoms with Crippen molar-refractivity contribution >= 4 is 32.7 Å². The van der Waals surface area contributed by atoms with Crippen molar-refractivity contribution in [3.63, 3.8) is 0 Å². The molecule has 0 aliphatic heterocycles. The average Bonchev–Trinajstić information content (AvgIpc) is 3.07. The molecule has 0 aliphatic carbocycles. The van der Waals surface area contributed by atoms with Crippen molar-refractivity contribution in [2.75, 3.05) is 13.7 Å². The van der Waals surface area contributed by atoms with E-state index in [0.29, 0.717) is 12.0 Å². The number of ketones is 1. The fourth-order valence-corrected chi connectivity index (χ4v) is 3.65. The number of hydrogen-bond acceptors (Lipinski definition) is 6. The molecule has 8 heteroatoms. The monoisotopic (exact) mass is 415 g/mol. The highest BCUT2D eigenvalue weighted by Gasteiger charge is 2.19. The van der Waals surface area contributed by atoms with Gasteiger partial charge in [0.05, 0.1) is 4.90 Å². The van der Waals surface area contributed by atoms with Crippen molar-refractivity contribution in [2.24, 2.45) is 0 Å². The molecule has 0 bridgehead atoms. The van der Waals surface area contributed by atoms with Gasteiger partial charge in [0.1, 0.15) is 5.58 Å². The van der Waals surface area contributed by atoms with Crippen LogP contribution >= 0.6 is 0 Å². The normalized spacial score (nSPS) is 11.5. The number of carbonyl (C=O) groups excluding carboxylic acids is 2. The molecule has 1 N–H and O–H groups in total. The number of carbonyl (C=O) groups is 2. The summed E-state index contributed by atoms with van der Waals surface area (Å²) in [7, 11) is -2.15. The van der Waals surface area contributed by atoms with Crippen molar-refractivity contribution in [1.82, 2.24) is 4.72 Å². The van der Waals surface area contributed by atoms with Crippen LogP contribution in [-0.2, 0) is 26.0 Å². The van der Waals surface area contributed by atoms with E-state index in [9.17, 15) is 18.0 Å². The maximum atomic E-state index is 12.3. The summed E-state index contributed by atoms with van der Waals surface area (Å²) < 4.78 is 36.3. The average molecular weight is 415 g/mol. The Balaban J connectivity index is 1.53. The Morgan fingerprint density at radius 3 is 2.41 bits per heavy atom. The zero-order valence-electron chi connectivity index (χ0n) is 16.1. The van der Waals surface area contributed by atoms with Crippen LogP contribution in [0.15, 0.2) is 57.8 Å². The van der Waals surface area contributed by atoms with Crippen molar-refractivity contribution in [3.8, 4) is 0 Å². The quantitative estimate of drug-likeness (QED) is 0.448. The second-order valence-electron chi connectivity index (χ2n) is 6.49. The van der Waals surface area contributed by atoms with Crippen LogP contribution < -0.4 is 4.72 Å². The van der Waals surface area contributed by atoms with E-state index in [1.807, 2.05) is 18.2 Å². The highest BCUT2D eigenvalue weighted by molar-refractivity contribution is 7.89. The standard InChI is InChI=1S/C21H21NO6S/c1-14-17-5-3-4-6-19(17)28-21(14)18(23)13-27-20(24)12-9-15-7-10-16(11-8-15)29(25,26)22-2/h3-8,10-11,22H,9,12-13H2,1-2H3. The zero-order valence-corrected chi connectivity index (χ0v) is 16.9. The predicted octanol–water partition coefficient (Wildman–Crippen LogP) is 3.01. The van der Waals surface area contributed by atoms with Gasteiger partial charge in [-0.25, -0.2) is 13.1 Å². The van der Waals surface area contributed by atoms with Gasteiger partial charge in [-0.3, -0.25) is 9.59 Å². The second kappa shape index (κ2) is 8.59. The summed E-state index contributed by atoms with van der Waals surface area (Å²) in [4.78, 5) is 24.5. The third kappa shape index (κ3) is 4.72. The number of hydrogen-bond donors (Lipinski definition) is 1. The molecular weight excluding hydrogens is 394 g/mol. The molecule has 7 nitrogen and oxygen atoms in total. The minimum Gasteiger partial charge on any atom is -0.457 e. The van der Waals surface area contributed by atoms with E-state index < -0.39 is 28.4 Å². The predicted molar refractivity (Wildman–Crippen MR) is 107 cm³/mol. The van der Waals surface area contributed by atoms with Gasteiger partial charge in [-0.1, -0.05) is 30.3 Å². The van der Waals surface area contributed by atoms with E-state index in [4.69, 9.17) is 9.15 Å². The number of sulfonamides is 1. The second-order valence-corrected chi connectivity index (χ2v) is 8.37. The number of para-hydroxylation sites is 1. The first-order chi connectivity index (χ1) is 13.8. The molecule has 0 amide bonds.